The number of anilines is 1. The van der Waals surface area contributed by atoms with E-state index in [2.05, 4.69) is 15.3 Å². The SMILES string of the molecule is COCCCNc1nccn2c(-c3ccc(CO)cc3)cnc12. The van der Waals surface area contributed by atoms with E-state index < -0.39 is 0 Å². The molecule has 0 fully saturated rings. The molecule has 0 bridgehead atoms. The number of aliphatic hydroxyl groups excluding tert-OH is 1. The maximum atomic E-state index is 9.14. The Morgan fingerprint density at radius 3 is 2.78 bits per heavy atom. The van der Waals surface area contributed by atoms with Crippen molar-refractivity contribution < 1.29 is 9.84 Å². The number of benzene rings is 1. The number of methoxy groups -OCH3 is 1. The molecule has 0 aliphatic rings. The molecular weight excluding hydrogens is 292 g/mol. The van der Waals surface area contributed by atoms with Crippen molar-refractivity contribution in [1.29, 1.82) is 0 Å². The molecule has 23 heavy (non-hydrogen) atoms. The Morgan fingerprint density at radius 2 is 2.04 bits per heavy atom. The van der Waals surface area contributed by atoms with Gasteiger partial charge in [0.05, 0.1) is 18.5 Å². The number of nitrogens with zero attached hydrogens (tertiary/aromatic N) is 3. The fourth-order valence-corrected chi connectivity index (χ4v) is 2.46. The third-order valence-electron chi connectivity index (χ3n) is 3.68. The lowest BCUT2D eigenvalue weighted by atomic mass is 10.1. The number of hydrogen-bond donors (Lipinski definition) is 2. The molecule has 1 aromatic carbocycles. The normalized spacial score (nSPS) is 11.0. The maximum absolute atomic E-state index is 9.14. The lowest BCUT2D eigenvalue weighted by Crippen LogP contribution is -2.07. The van der Waals surface area contributed by atoms with Gasteiger partial charge in [-0.1, -0.05) is 24.3 Å². The zero-order chi connectivity index (χ0) is 16.1. The highest BCUT2D eigenvalue weighted by atomic mass is 16.5. The summed E-state index contributed by atoms with van der Waals surface area (Å²) in [4.78, 5) is 8.86. The van der Waals surface area contributed by atoms with Crippen molar-refractivity contribution in [3.8, 4) is 11.3 Å². The summed E-state index contributed by atoms with van der Waals surface area (Å²) in [6.45, 7) is 1.55. The summed E-state index contributed by atoms with van der Waals surface area (Å²) in [5.74, 6) is 0.766. The van der Waals surface area contributed by atoms with E-state index in [1.807, 2.05) is 41.1 Å². The third kappa shape index (κ3) is 3.33. The van der Waals surface area contributed by atoms with E-state index in [9.17, 15) is 0 Å². The first-order valence-electron chi connectivity index (χ1n) is 7.58. The minimum atomic E-state index is 0.0485. The van der Waals surface area contributed by atoms with Crippen LogP contribution in [-0.2, 0) is 11.3 Å². The van der Waals surface area contributed by atoms with E-state index in [1.165, 1.54) is 0 Å². The number of hydrogen-bond acceptors (Lipinski definition) is 5. The Bertz CT molecular complexity index is 768. The average molecular weight is 312 g/mol. The standard InChI is InChI=1S/C17H20N4O2/c1-23-10-2-7-18-16-17-20-11-15(21(17)9-8-19-16)14-5-3-13(12-22)4-6-14/h3-6,8-9,11,22H,2,7,10,12H2,1H3,(H,18,19). The summed E-state index contributed by atoms with van der Waals surface area (Å²) >= 11 is 0. The van der Waals surface area contributed by atoms with Gasteiger partial charge in [0.2, 0.25) is 0 Å². The smallest absolute Gasteiger partial charge is 0.180 e. The summed E-state index contributed by atoms with van der Waals surface area (Å²) in [6.07, 6.45) is 6.41. The molecule has 2 aromatic heterocycles. The van der Waals surface area contributed by atoms with Crippen molar-refractivity contribution in [3.05, 3.63) is 48.4 Å². The van der Waals surface area contributed by atoms with Crippen LogP contribution in [0.3, 0.4) is 0 Å². The number of nitrogens with one attached hydrogen (secondary N) is 1. The number of aromatic nitrogens is 3. The monoisotopic (exact) mass is 312 g/mol. The summed E-state index contributed by atoms with van der Waals surface area (Å²) in [6, 6.07) is 7.81. The molecule has 3 aromatic rings. The van der Waals surface area contributed by atoms with Crippen molar-refractivity contribution in [1.82, 2.24) is 14.4 Å². The van der Waals surface area contributed by atoms with Crippen molar-refractivity contribution in [2.45, 2.75) is 13.0 Å². The van der Waals surface area contributed by atoms with Crippen molar-refractivity contribution in [3.63, 3.8) is 0 Å². The van der Waals surface area contributed by atoms with Crippen molar-refractivity contribution >= 4 is 11.5 Å². The fraction of sp³-hybridized carbons (Fsp3) is 0.294. The second-order valence-corrected chi connectivity index (χ2v) is 5.24. The van der Waals surface area contributed by atoms with Crippen LogP contribution in [0.1, 0.15) is 12.0 Å². The number of imidazole rings is 1. The van der Waals surface area contributed by atoms with Crippen LogP contribution < -0.4 is 5.32 Å². The molecule has 3 rings (SSSR count). The molecule has 0 spiro atoms. The van der Waals surface area contributed by atoms with Gasteiger partial charge in [-0.25, -0.2) is 9.97 Å². The molecule has 0 saturated heterocycles. The van der Waals surface area contributed by atoms with E-state index >= 15 is 0 Å². The first-order valence-corrected chi connectivity index (χ1v) is 7.58. The molecule has 0 saturated carbocycles. The fourth-order valence-electron chi connectivity index (χ4n) is 2.46. The molecule has 2 N–H and O–H groups in total. The van der Waals surface area contributed by atoms with Gasteiger partial charge in [0.1, 0.15) is 0 Å². The van der Waals surface area contributed by atoms with Gasteiger partial charge < -0.3 is 15.2 Å². The van der Waals surface area contributed by atoms with Gasteiger partial charge in [-0.05, 0) is 12.0 Å². The van der Waals surface area contributed by atoms with Gasteiger partial charge in [-0.3, -0.25) is 4.40 Å². The highest BCUT2D eigenvalue weighted by Gasteiger charge is 2.10. The zero-order valence-electron chi connectivity index (χ0n) is 13.1. The lowest BCUT2D eigenvalue weighted by Gasteiger charge is -2.07. The minimum absolute atomic E-state index is 0.0485. The Balaban J connectivity index is 1.88. The zero-order valence-corrected chi connectivity index (χ0v) is 13.1. The van der Waals surface area contributed by atoms with Crippen LogP contribution in [0.5, 0.6) is 0 Å². The van der Waals surface area contributed by atoms with E-state index in [0.29, 0.717) is 6.61 Å². The third-order valence-corrected chi connectivity index (χ3v) is 3.68. The molecule has 0 aliphatic carbocycles. The summed E-state index contributed by atoms with van der Waals surface area (Å²) in [5.41, 5.74) is 3.73. The molecule has 0 radical (unpaired) electrons. The topological polar surface area (TPSA) is 71.7 Å². The molecule has 0 aliphatic heterocycles. The predicted octanol–water partition coefficient (Wildman–Crippen LogP) is 2.34. The summed E-state index contributed by atoms with van der Waals surface area (Å²) < 4.78 is 7.06. The molecule has 2 heterocycles. The van der Waals surface area contributed by atoms with Gasteiger partial charge in [-0.15, -0.1) is 0 Å². The first kappa shape index (κ1) is 15.5. The van der Waals surface area contributed by atoms with E-state index in [1.54, 1.807) is 13.3 Å². The van der Waals surface area contributed by atoms with Gasteiger partial charge in [0.25, 0.3) is 0 Å². The average Bonchev–Trinajstić information content (AvgIpc) is 3.03. The summed E-state index contributed by atoms with van der Waals surface area (Å²) in [5, 5.41) is 12.4. The number of aliphatic hydroxyl groups is 1. The lowest BCUT2D eigenvalue weighted by molar-refractivity contribution is 0.198. The van der Waals surface area contributed by atoms with Crippen LogP contribution in [0.15, 0.2) is 42.9 Å². The molecule has 0 amide bonds. The van der Waals surface area contributed by atoms with Gasteiger partial charge in [0, 0.05) is 38.2 Å². The van der Waals surface area contributed by atoms with Crippen LogP contribution in [-0.4, -0.2) is 39.7 Å². The number of ether oxygens (including phenoxy) is 1. The molecule has 0 unspecified atom stereocenters. The predicted molar refractivity (Wildman–Crippen MR) is 89.3 cm³/mol. The van der Waals surface area contributed by atoms with Crippen LogP contribution in [0.25, 0.3) is 16.9 Å². The van der Waals surface area contributed by atoms with Gasteiger partial charge in [0.15, 0.2) is 11.5 Å². The highest BCUT2D eigenvalue weighted by molar-refractivity contribution is 5.70. The van der Waals surface area contributed by atoms with Crippen LogP contribution >= 0.6 is 0 Å². The van der Waals surface area contributed by atoms with Crippen LogP contribution in [0.4, 0.5) is 5.82 Å². The first-order chi connectivity index (χ1) is 11.3. The van der Waals surface area contributed by atoms with Crippen LogP contribution in [0, 0.1) is 0 Å². The molecule has 0 atom stereocenters. The summed E-state index contributed by atoms with van der Waals surface area (Å²) in [7, 11) is 1.70. The van der Waals surface area contributed by atoms with Gasteiger partial charge in [-0.2, -0.15) is 0 Å². The van der Waals surface area contributed by atoms with Crippen LogP contribution in [0.2, 0.25) is 0 Å². The molecule has 6 nitrogen and oxygen atoms in total. The Morgan fingerprint density at radius 1 is 1.22 bits per heavy atom. The molecular formula is C17H20N4O2. The number of fused-ring (bicyclic) bond motifs is 1. The Labute approximate surface area is 134 Å². The quantitative estimate of drug-likeness (QED) is 0.655. The molecule has 120 valence electrons. The van der Waals surface area contributed by atoms with Gasteiger partial charge >= 0.3 is 0 Å². The Hall–Kier alpha value is -2.44. The van der Waals surface area contributed by atoms with E-state index in [4.69, 9.17) is 9.84 Å². The second kappa shape index (κ2) is 7.21. The minimum Gasteiger partial charge on any atom is -0.392 e. The Kier molecular flexibility index (Phi) is 4.85. The maximum Gasteiger partial charge on any atom is 0.180 e. The highest BCUT2D eigenvalue weighted by Crippen LogP contribution is 2.23. The largest absolute Gasteiger partial charge is 0.392 e. The van der Waals surface area contributed by atoms with Crippen molar-refractivity contribution in [2.24, 2.45) is 0 Å². The second-order valence-electron chi connectivity index (χ2n) is 5.24. The van der Waals surface area contributed by atoms with Crippen molar-refractivity contribution in [2.75, 3.05) is 25.6 Å². The van der Waals surface area contributed by atoms with E-state index in [-0.39, 0.29) is 6.61 Å². The number of rotatable bonds is 7. The van der Waals surface area contributed by atoms with E-state index in [0.717, 1.165) is 41.3 Å². The molecule has 6 heteroatoms.